The topological polar surface area (TPSA) is 130 Å². The van der Waals surface area contributed by atoms with Gasteiger partial charge in [0.25, 0.3) is 0 Å². The highest BCUT2D eigenvalue weighted by Crippen LogP contribution is 2.28. The smallest absolute Gasteiger partial charge is 0.343 e. The maximum Gasteiger partial charge on any atom is 0.343 e. The van der Waals surface area contributed by atoms with Crippen LogP contribution in [0.1, 0.15) is 21.5 Å². The lowest BCUT2D eigenvalue weighted by Crippen LogP contribution is -2.32. The number of halogens is 1. The minimum absolute atomic E-state index is 0.186. The number of anilines is 1. The lowest BCUT2D eigenvalue weighted by Gasteiger charge is -2.10. The van der Waals surface area contributed by atoms with Crippen molar-refractivity contribution in [2.24, 2.45) is 5.10 Å². The molecule has 0 aliphatic heterocycles. The van der Waals surface area contributed by atoms with E-state index in [-0.39, 0.29) is 11.5 Å². The molecule has 0 saturated carbocycles. The number of carbonyl (C=O) groups excluding carboxylic acids is 3. The van der Waals surface area contributed by atoms with Crippen molar-refractivity contribution in [1.82, 2.24) is 5.43 Å². The van der Waals surface area contributed by atoms with Crippen LogP contribution in [0.15, 0.2) is 71.8 Å². The number of carbonyl (C=O) groups is 3. The molecule has 0 aliphatic carbocycles. The van der Waals surface area contributed by atoms with Gasteiger partial charge >= 0.3 is 17.8 Å². The number of hydrazone groups is 1. The molecule has 0 spiro atoms. The van der Waals surface area contributed by atoms with E-state index in [0.29, 0.717) is 27.4 Å². The van der Waals surface area contributed by atoms with E-state index in [2.05, 4.69) is 15.8 Å². The van der Waals surface area contributed by atoms with Gasteiger partial charge < -0.3 is 14.8 Å². The number of nitrogens with one attached hydrogen (secondary N) is 2. The summed E-state index contributed by atoms with van der Waals surface area (Å²) in [7, 11) is 1.41. The number of ether oxygens (including phenoxy) is 2. The van der Waals surface area contributed by atoms with Crippen molar-refractivity contribution in [2.45, 2.75) is 0 Å². The van der Waals surface area contributed by atoms with Crippen LogP contribution in [0.4, 0.5) is 5.69 Å². The molecule has 10 heteroatoms. The molecule has 3 rings (SSSR count). The summed E-state index contributed by atoms with van der Waals surface area (Å²) in [6.45, 7) is 0. The summed E-state index contributed by atoms with van der Waals surface area (Å²) < 4.78 is 10.6. The first-order chi connectivity index (χ1) is 16.4. The average molecular weight is 477 g/mol. The summed E-state index contributed by atoms with van der Waals surface area (Å²) in [6, 6.07) is 18.8. The van der Waals surface area contributed by atoms with E-state index in [1.165, 1.54) is 49.7 Å². The van der Waals surface area contributed by atoms with Crippen molar-refractivity contribution >= 4 is 41.3 Å². The lowest BCUT2D eigenvalue weighted by molar-refractivity contribution is -0.136. The van der Waals surface area contributed by atoms with Crippen LogP contribution < -0.4 is 20.2 Å². The van der Waals surface area contributed by atoms with Crippen LogP contribution in [0.3, 0.4) is 0 Å². The summed E-state index contributed by atoms with van der Waals surface area (Å²) in [5.74, 6) is -2.05. The van der Waals surface area contributed by atoms with Gasteiger partial charge in [0.05, 0.1) is 30.5 Å². The quantitative estimate of drug-likeness (QED) is 0.184. The van der Waals surface area contributed by atoms with Crippen LogP contribution in [-0.4, -0.2) is 31.1 Å². The molecule has 0 fully saturated rings. The van der Waals surface area contributed by atoms with Gasteiger partial charge in [0, 0.05) is 10.7 Å². The summed E-state index contributed by atoms with van der Waals surface area (Å²) in [4.78, 5) is 36.2. The predicted molar refractivity (Wildman–Crippen MR) is 125 cm³/mol. The Morgan fingerprint density at radius 2 is 1.68 bits per heavy atom. The van der Waals surface area contributed by atoms with Crippen molar-refractivity contribution in [1.29, 1.82) is 5.26 Å². The Morgan fingerprint density at radius 1 is 0.971 bits per heavy atom. The van der Waals surface area contributed by atoms with Crippen molar-refractivity contribution in [3.63, 3.8) is 0 Å². The lowest BCUT2D eigenvalue weighted by atomic mass is 10.2. The molecule has 0 bridgehead atoms. The molecular formula is C24H17ClN4O5. The van der Waals surface area contributed by atoms with Gasteiger partial charge in [-0.1, -0.05) is 11.6 Å². The molecule has 0 radical (unpaired) electrons. The number of rotatable bonds is 6. The van der Waals surface area contributed by atoms with Crippen LogP contribution in [0.2, 0.25) is 5.02 Å². The minimum atomic E-state index is -0.985. The number of nitrogens with zero attached hydrogens (tertiary/aromatic N) is 2. The van der Waals surface area contributed by atoms with Crippen LogP contribution in [0.5, 0.6) is 11.5 Å². The zero-order chi connectivity index (χ0) is 24.5. The zero-order valence-corrected chi connectivity index (χ0v) is 18.5. The highest BCUT2D eigenvalue weighted by Gasteiger charge is 2.14. The average Bonchev–Trinajstić information content (AvgIpc) is 2.85. The first-order valence-corrected chi connectivity index (χ1v) is 10.1. The van der Waals surface area contributed by atoms with Gasteiger partial charge in [-0.2, -0.15) is 10.4 Å². The van der Waals surface area contributed by atoms with Crippen LogP contribution >= 0.6 is 11.6 Å². The van der Waals surface area contributed by atoms with E-state index in [0.717, 1.165) is 0 Å². The van der Waals surface area contributed by atoms with E-state index in [1.807, 2.05) is 6.07 Å². The third kappa shape index (κ3) is 6.41. The van der Waals surface area contributed by atoms with Gasteiger partial charge in [-0.15, -0.1) is 0 Å². The molecule has 0 saturated heterocycles. The molecule has 0 heterocycles. The Bertz CT molecular complexity index is 1280. The molecular weight excluding hydrogens is 460 g/mol. The molecule has 2 amide bonds. The largest absolute Gasteiger partial charge is 0.493 e. The predicted octanol–water partition coefficient (Wildman–Crippen LogP) is 3.53. The van der Waals surface area contributed by atoms with E-state index in [4.69, 9.17) is 26.3 Å². The fourth-order valence-corrected chi connectivity index (χ4v) is 2.75. The fourth-order valence-electron chi connectivity index (χ4n) is 2.63. The maximum absolute atomic E-state index is 12.3. The number of amides is 2. The number of benzene rings is 3. The van der Waals surface area contributed by atoms with Crippen molar-refractivity contribution in [3.8, 4) is 17.6 Å². The number of esters is 1. The maximum atomic E-state index is 12.3. The fraction of sp³-hybridized carbons (Fsp3) is 0.0417. The first kappa shape index (κ1) is 24.0. The molecule has 0 aromatic heterocycles. The number of hydrogen-bond donors (Lipinski definition) is 2. The molecule has 2 N–H and O–H groups in total. The van der Waals surface area contributed by atoms with E-state index >= 15 is 0 Å². The Balaban J connectivity index is 1.59. The zero-order valence-electron chi connectivity index (χ0n) is 17.7. The summed E-state index contributed by atoms with van der Waals surface area (Å²) in [5.41, 5.74) is 3.72. The molecule has 0 unspecified atom stereocenters. The number of methoxy groups -OCH3 is 1. The summed E-state index contributed by atoms with van der Waals surface area (Å²) in [5, 5.41) is 15.4. The Hall–Kier alpha value is -4.68. The number of nitriles is 1. The Morgan fingerprint density at radius 3 is 2.32 bits per heavy atom. The molecule has 9 nitrogen and oxygen atoms in total. The minimum Gasteiger partial charge on any atom is -0.493 e. The molecule has 3 aromatic rings. The van der Waals surface area contributed by atoms with Crippen molar-refractivity contribution in [2.75, 3.05) is 12.4 Å². The van der Waals surface area contributed by atoms with Crippen LogP contribution in [0.25, 0.3) is 0 Å². The Kier molecular flexibility index (Phi) is 7.94. The third-order valence-corrected chi connectivity index (χ3v) is 4.58. The Labute approximate surface area is 199 Å². The molecule has 0 aliphatic rings. The first-order valence-electron chi connectivity index (χ1n) is 9.70. The highest BCUT2D eigenvalue weighted by atomic mass is 35.5. The van der Waals surface area contributed by atoms with Gasteiger partial charge in [0.15, 0.2) is 11.5 Å². The van der Waals surface area contributed by atoms with E-state index in [9.17, 15) is 14.4 Å². The van der Waals surface area contributed by atoms with Gasteiger partial charge in [-0.25, -0.2) is 10.2 Å². The van der Waals surface area contributed by atoms with Crippen molar-refractivity contribution < 1.29 is 23.9 Å². The van der Waals surface area contributed by atoms with Gasteiger partial charge in [0.2, 0.25) is 0 Å². The van der Waals surface area contributed by atoms with Crippen LogP contribution in [0, 0.1) is 11.3 Å². The van der Waals surface area contributed by atoms with E-state index in [1.54, 1.807) is 30.3 Å². The molecule has 3 aromatic carbocycles. The van der Waals surface area contributed by atoms with Gasteiger partial charge in [-0.05, 0) is 72.3 Å². The van der Waals surface area contributed by atoms with Crippen molar-refractivity contribution in [3.05, 3.63) is 88.4 Å². The number of hydrogen-bond acceptors (Lipinski definition) is 7. The molecule has 170 valence electrons. The standard InChI is InChI=1S/C24H17ClN4O5/c1-33-21-12-16(4-11-20(21)34-24(32)17-5-7-18(25)8-6-17)14-27-29-23(31)22(30)28-19-9-2-15(13-26)3-10-19/h2-12,14H,1H3,(H,28,30)(H,29,31)/b27-14+. The van der Waals surface area contributed by atoms with Crippen LogP contribution in [-0.2, 0) is 9.59 Å². The van der Waals surface area contributed by atoms with E-state index < -0.39 is 17.8 Å². The summed E-state index contributed by atoms with van der Waals surface area (Å²) in [6.07, 6.45) is 1.29. The summed E-state index contributed by atoms with van der Waals surface area (Å²) >= 11 is 5.82. The normalized spacial score (nSPS) is 10.3. The van der Waals surface area contributed by atoms with Gasteiger partial charge in [0.1, 0.15) is 0 Å². The third-order valence-electron chi connectivity index (χ3n) is 4.33. The molecule has 0 atom stereocenters. The van der Waals surface area contributed by atoms with Gasteiger partial charge in [-0.3, -0.25) is 9.59 Å². The second-order valence-corrected chi connectivity index (χ2v) is 7.09. The SMILES string of the molecule is COc1cc(/C=N/NC(=O)C(=O)Nc2ccc(C#N)cc2)ccc1OC(=O)c1ccc(Cl)cc1. The molecule has 34 heavy (non-hydrogen) atoms. The highest BCUT2D eigenvalue weighted by molar-refractivity contribution is 6.39. The second kappa shape index (κ2) is 11.3. The second-order valence-electron chi connectivity index (χ2n) is 6.65. The monoisotopic (exact) mass is 476 g/mol.